The van der Waals surface area contributed by atoms with E-state index in [0.29, 0.717) is 11.2 Å². The third kappa shape index (κ3) is 5.06. The number of carbonyl (C=O) groups is 1. The third-order valence-corrected chi connectivity index (χ3v) is 4.90. The number of aromatic nitrogens is 5. The van der Waals surface area contributed by atoms with E-state index in [1.807, 2.05) is 30.3 Å². The minimum absolute atomic E-state index is 0.0320. The third-order valence-electron chi connectivity index (χ3n) is 4.51. The van der Waals surface area contributed by atoms with Crippen molar-refractivity contribution in [3.05, 3.63) is 82.3 Å². The molecule has 3 aromatic heterocycles. The lowest BCUT2D eigenvalue weighted by Gasteiger charge is -2.05. The van der Waals surface area contributed by atoms with E-state index in [2.05, 4.69) is 20.5 Å². The zero-order valence-electron chi connectivity index (χ0n) is 16.6. The molecule has 0 aliphatic carbocycles. The summed E-state index contributed by atoms with van der Waals surface area (Å²) < 4.78 is 60.0. The second-order valence-electron chi connectivity index (χ2n) is 6.81. The van der Waals surface area contributed by atoms with Crippen molar-refractivity contribution in [2.45, 2.75) is 25.9 Å². The number of anilines is 1. The molecule has 4 aromatic rings. The average Bonchev–Trinajstić information content (AvgIpc) is 3.48. The standard InChI is InChI=1S/C20H15ClF4N6O2/c21-14-15(17(22)23)28-31(16(14)18(24)25)9-12-6-7-13(33-12)19(32)27-20-26-10-30(29-20)8-11-4-2-1-3-5-11/h1-7,10,17-18H,8-9H2,(H,27,29,32). The summed E-state index contributed by atoms with van der Waals surface area (Å²) in [5.41, 5.74) is -0.816. The van der Waals surface area contributed by atoms with Gasteiger partial charge in [-0.05, 0) is 17.7 Å². The largest absolute Gasteiger partial charge is 0.454 e. The van der Waals surface area contributed by atoms with Crippen LogP contribution >= 0.6 is 11.6 Å². The first-order valence-corrected chi connectivity index (χ1v) is 9.85. The number of hydrogen-bond donors (Lipinski definition) is 1. The van der Waals surface area contributed by atoms with Crippen molar-refractivity contribution in [3.63, 3.8) is 0 Å². The van der Waals surface area contributed by atoms with Crippen LogP contribution < -0.4 is 5.32 Å². The van der Waals surface area contributed by atoms with Gasteiger partial charge in [-0.25, -0.2) is 27.2 Å². The molecule has 33 heavy (non-hydrogen) atoms. The van der Waals surface area contributed by atoms with Crippen LogP contribution in [0.4, 0.5) is 23.5 Å². The maximum Gasteiger partial charge on any atom is 0.293 e. The van der Waals surface area contributed by atoms with Crippen LogP contribution in [-0.2, 0) is 13.1 Å². The number of alkyl halides is 4. The van der Waals surface area contributed by atoms with Crippen molar-refractivity contribution in [1.29, 1.82) is 0 Å². The fourth-order valence-electron chi connectivity index (χ4n) is 3.03. The van der Waals surface area contributed by atoms with Crippen molar-refractivity contribution in [3.8, 4) is 0 Å². The molecule has 1 N–H and O–H groups in total. The highest BCUT2D eigenvalue weighted by atomic mass is 35.5. The molecule has 0 unspecified atom stereocenters. The van der Waals surface area contributed by atoms with Gasteiger partial charge in [0.1, 0.15) is 23.5 Å². The lowest BCUT2D eigenvalue weighted by Crippen LogP contribution is -2.13. The van der Waals surface area contributed by atoms with Crippen LogP contribution in [0.15, 0.2) is 53.2 Å². The summed E-state index contributed by atoms with van der Waals surface area (Å²) in [6, 6.07) is 12.1. The van der Waals surface area contributed by atoms with Gasteiger partial charge in [-0.3, -0.25) is 14.8 Å². The Morgan fingerprint density at radius 1 is 1.03 bits per heavy atom. The number of nitrogens with zero attached hydrogens (tertiary/aromatic N) is 5. The van der Waals surface area contributed by atoms with Gasteiger partial charge in [0.2, 0.25) is 5.95 Å². The van der Waals surface area contributed by atoms with Gasteiger partial charge in [0.05, 0.1) is 18.1 Å². The topological polar surface area (TPSA) is 90.8 Å². The molecule has 8 nitrogen and oxygen atoms in total. The quantitative estimate of drug-likeness (QED) is 0.359. The Morgan fingerprint density at radius 3 is 2.48 bits per heavy atom. The molecule has 0 aliphatic rings. The van der Waals surface area contributed by atoms with Crippen molar-refractivity contribution in [2.24, 2.45) is 0 Å². The number of furan rings is 1. The predicted octanol–water partition coefficient (Wildman–Crippen LogP) is 4.95. The number of rotatable bonds is 8. The van der Waals surface area contributed by atoms with Crippen molar-refractivity contribution in [1.82, 2.24) is 24.5 Å². The van der Waals surface area contributed by atoms with Gasteiger partial charge < -0.3 is 4.42 Å². The van der Waals surface area contributed by atoms with Gasteiger partial charge in [0, 0.05) is 0 Å². The van der Waals surface area contributed by atoms with Crippen molar-refractivity contribution in [2.75, 3.05) is 5.32 Å². The van der Waals surface area contributed by atoms with E-state index >= 15 is 0 Å². The molecular weight excluding hydrogens is 468 g/mol. The molecule has 3 heterocycles. The number of hydrogen-bond acceptors (Lipinski definition) is 5. The van der Waals surface area contributed by atoms with Crippen LogP contribution in [0.2, 0.25) is 5.02 Å². The Bertz CT molecular complexity index is 1250. The lowest BCUT2D eigenvalue weighted by atomic mass is 10.2. The van der Waals surface area contributed by atoms with Crippen LogP contribution in [0.3, 0.4) is 0 Å². The van der Waals surface area contributed by atoms with Gasteiger partial charge in [0.15, 0.2) is 5.76 Å². The highest BCUT2D eigenvalue weighted by Crippen LogP contribution is 2.35. The smallest absolute Gasteiger partial charge is 0.293 e. The summed E-state index contributed by atoms with van der Waals surface area (Å²) in [7, 11) is 0. The molecule has 0 bridgehead atoms. The fourth-order valence-corrected chi connectivity index (χ4v) is 3.34. The van der Waals surface area contributed by atoms with Crippen LogP contribution in [0.25, 0.3) is 0 Å². The van der Waals surface area contributed by atoms with Gasteiger partial charge >= 0.3 is 0 Å². The second-order valence-corrected chi connectivity index (χ2v) is 7.19. The predicted molar refractivity (Wildman–Crippen MR) is 108 cm³/mol. The van der Waals surface area contributed by atoms with E-state index in [4.69, 9.17) is 16.0 Å². The highest BCUT2D eigenvalue weighted by molar-refractivity contribution is 6.32. The van der Waals surface area contributed by atoms with Gasteiger partial charge in [0.25, 0.3) is 18.8 Å². The molecule has 0 spiro atoms. The Kier molecular flexibility index (Phi) is 6.45. The number of nitrogens with one attached hydrogen (secondary N) is 1. The van der Waals surface area contributed by atoms with Crippen molar-refractivity contribution < 1.29 is 26.8 Å². The zero-order valence-corrected chi connectivity index (χ0v) is 17.4. The molecule has 0 saturated heterocycles. The molecule has 0 aliphatic heterocycles. The molecule has 1 amide bonds. The number of benzene rings is 1. The van der Waals surface area contributed by atoms with E-state index in [0.717, 1.165) is 5.56 Å². The Balaban J connectivity index is 1.44. The molecule has 0 fully saturated rings. The van der Waals surface area contributed by atoms with Crippen LogP contribution in [0.5, 0.6) is 0 Å². The van der Waals surface area contributed by atoms with E-state index in [9.17, 15) is 22.4 Å². The minimum Gasteiger partial charge on any atom is -0.454 e. The van der Waals surface area contributed by atoms with E-state index in [1.54, 1.807) is 0 Å². The van der Waals surface area contributed by atoms with Crippen LogP contribution in [0.1, 0.15) is 46.1 Å². The molecule has 172 valence electrons. The van der Waals surface area contributed by atoms with Crippen LogP contribution in [-0.4, -0.2) is 30.5 Å². The molecule has 13 heteroatoms. The molecule has 1 aromatic carbocycles. The normalized spacial score (nSPS) is 11.5. The summed E-state index contributed by atoms with van der Waals surface area (Å²) in [6.07, 6.45) is -4.81. The maximum absolute atomic E-state index is 13.3. The Morgan fingerprint density at radius 2 is 1.79 bits per heavy atom. The SMILES string of the molecule is O=C(Nc1ncn(Cc2ccccc2)n1)c1ccc(Cn2nc(C(F)F)c(Cl)c2C(F)F)o1. The summed E-state index contributed by atoms with van der Waals surface area (Å²) in [4.78, 5) is 16.4. The van der Waals surface area contributed by atoms with E-state index in [-0.39, 0.29) is 17.5 Å². The molecule has 0 radical (unpaired) electrons. The zero-order chi connectivity index (χ0) is 23.5. The molecule has 4 rings (SSSR count). The highest BCUT2D eigenvalue weighted by Gasteiger charge is 2.28. The monoisotopic (exact) mass is 482 g/mol. The summed E-state index contributed by atoms with van der Waals surface area (Å²) in [5, 5.41) is 9.27. The maximum atomic E-state index is 13.3. The first-order valence-electron chi connectivity index (χ1n) is 9.47. The molecule has 0 atom stereocenters. The summed E-state index contributed by atoms with van der Waals surface area (Å²) >= 11 is 5.63. The average molecular weight is 483 g/mol. The number of carbonyl (C=O) groups excluding carboxylic acids is 1. The van der Waals surface area contributed by atoms with Gasteiger partial charge in [-0.2, -0.15) is 5.10 Å². The Labute approximate surface area is 188 Å². The number of amides is 1. The fraction of sp³-hybridized carbons (Fsp3) is 0.200. The molecule has 0 saturated carbocycles. The molecular formula is C20H15ClF4N6O2. The van der Waals surface area contributed by atoms with Crippen molar-refractivity contribution >= 4 is 23.5 Å². The van der Waals surface area contributed by atoms with Gasteiger partial charge in [-0.1, -0.05) is 41.9 Å². The Hall–Kier alpha value is -3.67. The number of halogens is 5. The lowest BCUT2D eigenvalue weighted by molar-refractivity contribution is 0.0993. The van der Waals surface area contributed by atoms with E-state index < -0.39 is 41.7 Å². The summed E-state index contributed by atoms with van der Waals surface area (Å²) in [6.45, 7) is 0.0253. The summed E-state index contributed by atoms with van der Waals surface area (Å²) in [5.74, 6) is -0.770. The first kappa shape index (κ1) is 22.5. The second kappa shape index (κ2) is 9.45. The van der Waals surface area contributed by atoms with E-state index in [1.165, 1.54) is 23.1 Å². The first-order chi connectivity index (χ1) is 15.8. The van der Waals surface area contributed by atoms with Gasteiger partial charge in [-0.15, -0.1) is 5.10 Å². The minimum atomic E-state index is -3.13. The van der Waals surface area contributed by atoms with Crippen LogP contribution in [0, 0.1) is 0 Å².